The van der Waals surface area contributed by atoms with E-state index in [1.807, 2.05) is 18.2 Å². The van der Waals surface area contributed by atoms with Gasteiger partial charge in [0.25, 0.3) is 0 Å². The molecule has 1 heterocycles. The van der Waals surface area contributed by atoms with Gasteiger partial charge in [-0.1, -0.05) is 69.4 Å². The minimum atomic E-state index is 0.988. The lowest BCUT2D eigenvalue weighted by Crippen LogP contribution is -1.83. The molecule has 0 aliphatic heterocycles. The molecule has 0 aliphatic carbocycles. The first-order valence-electron chi connectivity index (χ1n) is 7.54. The first-order chi connectivity index (χ1) is 9.40. The van der Waals surface area contributed by atoms with Gasteiger partial charge in [0.2, 0.25) is 0 Å². The molecule has 2 aromatic rings. The minimum Gasteiger partial charge on any atom is -0.461 e. The van der Waals surface area contributed by atoms with Crippen molar-refractivity contribution in [3.63, 3.8) is 0 Å². The van der Waals surface area contributed by atoms with E-state index in [9.17, 15) is 0 Å². The molecule has 0 atom stereocenters. The zero-order chi connectivity index (χ0) is 13.3. The summed E-state index contributed by atoms with van der Waals surface area (Å²) >= 11 is 0. The van der Waals surface area contributed by atoms with Crippen LogP contribution in [-0.4, -0.2) is 0 Å². The van der Waals surface area contributed by atoms with E-state index in [1.54, 1.807) is 0 Å². The Morgan fingerprint density at radius 2 is 1.53 bits per heavy atom. The van der Waals surface area contributed by atoms with Crippen molar-refractivity contribution in [3.05, 3.63) is 48.2 Å². The molecule has 0 aliphatic rings. The maximum Gasteiger partial charge on any atom is 0.134 e. The fourth-order valence-corrected chi connectivity index (χ4v) is 2.35. The highest BCUT2D eigenvalue weighted by Crippen LogP contribution is 2.22. The monoisotopic (exact) mass is 256 g/mol. The SMILES string of the molecule is CCCCCCCCc1ccc(-c2ccccc2)o1. The number of unbranched alkanes of at least 4 members (excludes halogenated alkanes) is 5. The lowest BCUT2D eigenvalue weighted by molar-refractivity contribution is 0.502. The van der Waals surface area contributed by atoms with Gasteiger partial charge in [0.1, 0.15) is 11.5 Å². The number of hydrogen-bond acceptors (Lipinski definition) is 1. The van der Waals surface area contributed by atoms with Crippen LogP contribution in [0.5, 0.6) is 0 Å². The van der Waals surface area contributed by atoms with Crippen LogP contribution in [0.3, 0.4) is 0 Å². The summed E-state index contributed by atoms with van der Waals surface area (Å²) in [5, 5.41) is 0. The lowest BCUT2D eigenvalue weighted by Gasteiger charge is -1.99. The summed E-state index contributed by atoms with van der Waals surface area (Å²) in [5.41, 5.74) is 1.16. The Bertz CT molecular complexity index is 456. The van der Waals surface area contributed by atoms with E-state index in [1.165, 1.54) is 38.5 Å². The Kier molecular flexibility index (Phi) is 5.74. The number of aryl methyl sites for hydroxylation is 1. The van der Waals surface area contributed by atoms with Crippen LogP contribution in [0.4, 0.5) is 0 Å². The highest BCUT2D eigenvalue weighted by Gasteiger charge is 2.03. The van der Waals surface area contributed by atoms with Crippen molar-refractivity contribution in [1.82, 2.24) is 0 Å². The van der Waals surface area contributed by atoms with Gasteiger partial charge >= 0.3 is 0 Å². The van der Waals surface area contributed by atoms with Gasteiger partial charge in [-0.05, 0) is 18.6 Å². The standard InChI is InChI=1S/C18H24O/c1-2-3-4-5-6-10-13-17-14-15-18(19-17)16-11-8-7-9-12-16/h7-9,11-12,14-15H,2-6,10,13H2,1H3. The molecule has 0 unspecified atom stereocenters. The Morgan fingerprint density at radius 3 is 2.32 bits per heavy atom. The quantitative estimate of drug-likeness (QED) is 0.540. The summed E-state index contributed by atoms with van der Waals surface area (Å²) in [5.74, 6) is 2.11. The fourth-order valence-electron chi connectivity index (χ4n) is 2.35. The van der Waals surface area contributed by atoms with E-state index in [0.717, 1.165) is 23.5 Å². The Labute approximate surface area is 116 Å². The van der Waals surface area contributed by atoms with E-state index < -0.39 is 0 Å². The molecular formula is C18H24O. The molecule has 0 saturated heterocycles. The molecule has 1 nitrogen and oxygen atoms in total. The summed E-state index contributed by atoms with van der Waals surface area (Å²) in [4.78, 5) is 0. The van der Waals surface area contributed by atoms with Gasteiger partial charge in [0, 0.05) is 12.0 Å². The van der Waals surface area contributed by atoms with Gasteiger partial charge in [-0.3, -0.25) is 0 Å². The van der Waals surface area contributed by atoms with E-state index in [2.05, 4.69) is 31.2 Å². The van der Waals surface area contributed by atoms with Crippen LogP contribution in [0.1, 0.15) is 51.2 Å². The van der Waals surface area contributed by atoms with Crippen LogP contribution < -0.4 is 0 Å². The molecule has 0 saturated carbocycles. The van der Waals surface area contributed by atoms with Gasteiger partial charge < -0.3 is 4.42 Å². The van der Waals surface area contributed by atoms with E-state index >= 15 is 0 Å². The second-order valence-corrected chi connectivity index (χ2v) is 5.15. The number of furan rings is 1. The van der Waals surface area contributed by atoms with Crippen molar-refractivity contribution in [3.8, 4) is 11.3 Å². The normalized spacial score (nSPS) is 10.8. The summed E-state index contributed by atoms with van der Waals surface area (Å²) in [6.07, 6.45) is 9.06. The van der Waals surface area contributed by atoms with Crippen molar-refractivity contribution in [2.75, 3.05) is 0 Å². The van der Waals surface area contributed by atoms with E-state index in [-0.39, 0.29) is 0 Å². The Balaban J connectivity index is 1.75. The summed E-state index contributed by atoms with van der Waals surface area (Å²) in [6, 6.07) is 14.5. The van der Waals surface area contributed by atoms with Crippen LogP contribution >= 0.6 is 0 Å². The highest BCUT2D eigenvalue weighted by molar-refractivity contribution is 5.57. The smallest absolute Gasteiger partial charge is 0.134 e. The Morgan fingerprint density at radius 1 is 0.789 bits per heavy atom. The number of rotatable bonds is 8. The van der Waals surface area contributed by atoms with E-state index in [0.29, 0.717) is 0 Å². The van der Waals surface area contributed by atoms with Crippen molar-refractivity contribution in [2.45, 2.75) is 51.9 Å². The summed E-state index contributed by atoms with van der Waals surface area (Å²) in [7, 11) is 0. The van der Waals surface area contributed by atoms with Crippen molar-refractivity contribution in [1.29, 1.82) is 0 Å². The third kappa shape index (κ3) is 4.59. The molecule has 19 heavy (non-hydrogen) atoms. The second-order valence-electron chi connectivity index (χ2n) is 5.15. The predicted octanol–water partition coefficient (Wildman–Crippen LogP) is 5.85. The molecule has 0 fully saturated rings. The largest absolute Gasteiger partial charge is 0.461 e. The van der Waals surface area contributed by atoms with Crippen molar-refractivity contribution >= 4 is 0 Å². The van der Waals surface area contributed by atoms with Gasteiger partial charge in [0.15, 0.2) is 0 Å². The molecule has 102 valence electrons. The summed E-state index contributed by atoms with van der Waals surface area (Å²) < 4.78 is 5.90. The number of hydrogen-bond donors (Lipinski definition) is 0. The molecule has 0 radical (unpaired) electrons. The molecule has 2 rings (SSSR count). The first-order valence-corrected chi connectivity index (χ1v) is 7.54. The maximum atomic E-state index is 5.90. The molecular weight excluding hydrogens is 232 g/mol. The Hall–Kier alpha value is -1.50. The van der Waals surface area contributed by atoms with Crippen molar-refractivity contribution < 1.29 is 4.42 Å². The van der Waals surface area contributed by atoms with Crippen LogP contribution in [0.25, 0.3) is 11.3 Å². The van der Waals surface area contributed by atoms with Crippen molar-refractivity contribution in [2.24, 2.45) is 0 Å². The van der Waals surface area contributed by atoms with E-state index in [4.69, 9.17) is 4.42 Å². The minimum absolute atomic E-state index is 0.988. The zero-order valence-electron chi connectivity index (χ0n) is 11.9. The topological polar surface area (TPSA) is 13.1 Å². The molecule has 1 heteroatoms. The average molecular weight is 256 g/mol. The van der Waals surface area contributed by atoms with Gasteiger partial charge in [0.05, 0.1) is 0 Å². The van der Waals surface area contributed by atoms with Crippen LogP contribution in [0.2, 0.25) is 0 Å². The third-order valence-electron chi connectivity index (χ3n) is 3.50. The van der Waals surface area contributed by atoms with Gasteiger partial charge in [-0.2, -0.15) is 0 Å². The van der Waals surface area contributed by atoms with Crippen LogP contribution in [0.15, 0.2) is 46.9 Å². The van der Waals surface area contributed by atoms with Crippen LogP contribution in [-0.2, 0) is 6.42 Å². The third-order valence-corrected chi connectivity index (χ3v) is 3.50. The summed E-state index contributed by atoms with van der Waals surface area (Å²) in [6.45, 7) is 2.26. The lowest BCUT2D eigenvalue weighted by atomic mass is 10.1. The average Bonchev–Trinajstić information content (AvgIpc) is 2.92. The maximum absolute atomic E-state index is 5.90. The number of benzene rings is 1. The molecule has 0 N–H and O–H groups in total. The molecule has 1 aromatic heterocycles. The molecule has 0 spiro atoms. The molecule has 0 amide bonds. The van der Waals surface area contributed by atoms with Gasteiger partial charge in [-0.25, -0.2) is 0 Å². The zero-order valence-corrected chi connectivity index (χ0v) is 11.9. The second kappa shape index (κ2) is 7.83. The first kappa shape index (κ1) is 13.9. The fraction of sp³-hybridized carbons (Fsp3) is 0.444. The van der Waals surface area contributed by atoms with Gasteiger partial charge in [-0.15, -0.1) is 0 Å². The van der Waals surface area contributed by atoms with Crippen LogP contribution in [0, 0.1) is 0 Å². The molecule has 1 aromatic carbocycles. The molecule has 0 bridgehead atoms. The highest BCUT2D eigenvalue weighted by atomic mass is 16.3. The predicted molar refractivity (Wildman–Crippen MR) is 81.2 cm³/mol.